The smallest absolute Gasteiger partial charge is 0.419 e. The lowest BCUT2D eigenvalue weighted by Crippen LogP contribution is -2.29. The standard InChI is InChI=1S/C21H22FN3O5S/c1-21(2,3)30-20(27)25-10-15(13-6-5-12(22)9-16(13)25)11-4-7-17-14(8-11)18(19(23)26)24-31(17,28)29/h4-10,18,24,28-29H,1-3H3,(H2,23,26). The van der Waals surface area contributed by atoms with Gasteiger partial charge in [-0.15, -0.1) is 10.8 Å². The Morgan fingerprint density at radius 1 is 1.19 bits per heavy atom. The maximum absolute atomic E-state index is 14.0. The maximum atomic E-state index is 14.0. The van der Waals surface area contributed by atoms with Crippen LogP contribution < -0.4 is 10.5 Å². The minimum absolute atomic E-state index is 0.182. The third-order valence-corrected chi connectivity index (χ3v) is 6.41. The lowest BCUT2D eigenvalue weighted by Gasteiger charge is -2.27. The summed E-state index contributed by atoms with van der Waals surface area (Å²) in [7, 11) is -3.36. The summed E-state index contributed by atoms with van der Waals surface area (Å²) in [6.45, 7) is 5.19. The third kappa shape index (κ3) is 3.79. The molecule has 2 aromatic carbocycles. The molecule has 1 aliphatic heterocycles. The highest BCUT2D eigenvalue weighted by Crippen LogP contribution is 2.55. The van der Waals surface area contributed by atoms with Gasteiger partial charge in [-0.2, -0.15) is 4.72 Å². The average Bonchev–Trinajstić information content (AvgIpc) is 3.15. The van der Waals surface area contributed by atoms with Crippen LogP contribution in [0.1, 0.15) is 32.4 Å². The lowest BCUT2D eigenvalue weighted by molar-refractivity contribution is -0.119. The van der Waals surface area contributed by atoms with Gasteiger partial charge in [-0.3, -0.25) is 18.5 Å². The molecular formula is C21H22FN3O5S. The van der Waals surface area contributed by atoms with E-state index in [-0.39, 0.29) is 4.90 Å². The molecule has 1 unspecified atom stereocenters. The summed E-state index contributed by atoms with van der Waals surface area (Å²) in [6, 6.07) is 7.73. The Hall–Kier alpha value is -2.92. The van der Waals surface area contributed by atoms with Crippen molar-refractivity contribution in [2.45, 2.75) is 37.3 Å². The number of nitrogens with one attached hydrogen (secondary N) is 1. The van der Waals surface area contributed by atoms with E-state index in [4.69, 9.17) is 10.5 Å². The van der Waals surface area contributed by atoms with E-state index in [1.165, 1.54) is 29.0 Å². The highest BCUT2D eigenvalue weighted by atomic mass is 32.3. The van der Waals surface area contributed by atoms with Gasteiger partial charge in [-0.1, -0.05) is 6.07 Å². The number of benzene rings is 2. The van der Waals surface area contributed by atoms with Gasteiger partial charge in [0, 0.05) is 22.7 Å². The Bertz CT molecular complexity index is 1230. The molecule has 1 amide bonds. The summed E-state index contributed by atoms with van der Waals surface area (Å²) >= 11 is 0. The van der Waals surface area contributed by atoms with Crippen LogP contribution in [0.25, 0.3) is 22.0 Å². The fourth-order valence-corrected chi connectivity index (χ4v) is 5.06. The van der Waals surface area contributed by atoms with Crippen molar-refractivity contribution >= 4 is 33.7 Å². The first-order chi connectivity index (χ1) is 14.4. The number of fused-ring (bicyclic) bond motifs is 2. The third-order valence-electron chi connectivity index (χ3n) is 4.86. The number of aromatic nitrogens is 1. The van der Waals surface area contributed by atoms with Gasteiger partial charge in [0.2, 0.25) is 5.91 Å². The van der Waals surface area contributed by atoms with Gasteiger partial charge >= 0.3 is 6.09 Å². The van der Waals surface area contributed by atoms with Crippen molar-refractivity contribution < 1.29 is 27.8 Å². The normalized spacial score (nSPS) is 18.6. The summed E-state index contributed by atoms with van der Waals surface area (Å²) in [4.78, 5) is 24.7. The van der Waals surface area contributed by atoms with E-state index in [9.17, 15) is 23.1 Å². The molecular weight excluding hydrogens is 425 g/mol. The molecule has 1 aliphatic rings. The minimum atomic E-state index is -3.36. The topological polar surface area (TPSA) is 127 Å². The molecule has 31 heavy (non-hydrogen) atoms. The number of carbonyl (C=O) groups excluding carboxylic acids is 2. The molecule has 0 spiro atoms. The molecule has 0 saturated carbocycles. The van der Waals surface area contributed by atoms with Gasteiger partial charge in [0.15, 0.2) is 0 Å². The number of primary amides is 1. The first-order valence-corrected chi connectivity index (χ1v) is 11.0. The van der Waals surface area contributed by atoms with Crippen LogP contribution in [0.15, 0.2) is 47.5 Å². The molecule has 5 N–H and O–H groups in total. The number of amides is 1. The predicted molar refractivity (Wildman–Crippen MR) is 115 cm³/mol. The van der Waals surface area contributed by atoms with Crippen LogP contribution in [0.5, 0.6) is 0 Å². The molecule has 164 valence electrons. The number of nitrogens with two attached hydrogens (primary N) is 1. The largest absolute Gasteiger partial charge is 0.443 e. The molecule has 0 radical (unpaired) electrons. The number of hydrogen-bond acceptors (Lipinski definition) is 6. The van der Waals surface area contributed by atoms with Crippen molar-refractivity contribution in [3.05, 3.63) is 54.0 Å². The number of ether oxygens (including phenoxy) is 1. The van der Waals surface area contributed by atoms with Crippen molar-refractivity contribution in [1.29, 1.82) is 0 Å². The molecule has 8 nitrogen and oxygen atoms in total. The second-order valence-electron chi connectivity index (χ2n) is 8.31. The molecule has 1 atom stereocenters. The quantitative estimate of drug-likeness (QED) is 0.462. The Balaban J connectivity index is 1.89. The Kier molecular flexibility index (Phi) is 4.85. The molecule has 10 heteroatoms. The van der Waals surface area contributed by atoms with Gasteiger partial charge in [0.05, 0.1) is 10.4 Å². The van der Waals surface area contributed by atoms with E-state index in [1.54, 1.807) is 39.0 Å². The molecule has 0 bridgehead atoms. The molecule has 4 rings (SSSR count). The number of rotatable bonds is 2. The van der Waals surface area contributed by atoms with Crippen LogP contribution in [0.3, 0.4) is 0 Å². The van der Waals surface area contributed by atoms with E-state index >= 15 is 0 Å². The van der Waals surface area contributed by atoms with Crippen molar-refractivity contribution in [3.63, 3.8) is 0 Å². The fourth-order valence-electron chi connectivity index (χ4n) is 3.60. The van der Waals surface area contributed by atoms with Gasteiger partial charge in [0.25, 0.3) is 0 Å². The zero-order chi connectivity index (χ0) is 22.7. The van der Waals surface area contributed by atoms with E-state index in [0.29, 0.717) is 27.6 Å². The minimum Gasteiger partial charge on any atom is -0.443 e. The second-order valence-corrected chi connectivity index (χ2v) is 10.1. The Morgan fingerprint density at radius 3 is 2.55 bits per heavy atom. The highest BCUT2D eigenvalue weighted by molar-refractivity contribution is 8.23. The van der Waals surface area contributed by atoms with Crippen LogP contribution in [0, 0.1) is 5.82 Å². The van der Waals surface area contributed by atoms with Crippen LogP contribution in [0.2, 0.25) is 0 Å². The van der Waals surface area contributed by atoms with Crippen molar-refractivity contribution in [3.8, 4) is 11.1 Å². The van der Waals surface area contributed by atoms with Crippen LogP contribution in [-0.4, -0.2) is 31.3 Å². The Labute approximate surface area is 179 Å². The number of halogens is 1. The first-order valence-electron chi connectivity index (χ1n) is 9.40. The summed E-state index contributed by atoms with van der Waals surface area (Å²) in [6.07, 6.45) is 0.862. The number of carbonyl (C=O) groups is 2. The predicted octanol–water partition coefficient (Wildman–Crippen LogP) is 4.38. The number of nitrogens with zero attached hydrogens (tertiary/aromatic N) is 1. The van der Waals surface area contributed by atoms with Crippen molar-refractivity contribution in [2.75, 3.05) is 0 Å². The van der Waals surface area contributed by atoms with Gasteiger partial charge in [-0.25, -0.2) is 9.18 Å². The SMILES string of the molecule is CC(C)(C)OC(=O)n1cc(-c2ccc3c(c2)C(C(N)=O)NS3(O)O)c2ccc(F)cc21. The van der Waals surface area contributed by atoms with Gasteiger partial charge < -0.3 is 10.5 Å². The summed E-state index contributed by atoms with van der Waals surface area (Å²) in [5, 5.41) is 0.584. The number of hydrogen-bond donors (Lipinski definition) is 4. The Morgan fingerprint density at radius 2 is 1.90 bits per heavy atom. The zero-order valence-electron chi connectivity index (χ0n) is 17.0. The summed E-state index contributed by atoms with van der Waals surface area (Å²) in [5.41, 5.74) is 6.49. The summed E-state index contributed by atoms with van der Waals surface area (Å²) in [5.74, 6) is -1.27. The molecule has 0 aliphatic carbocycles. The van der Waals surface area contributed by atoms with E-state index in [1.807, 2.05) is 0 Å². The van der Waals surface area contributed by atoms with E-state index < -0.39 is 40.2 Å². The molecule has 0 fully saturated rings. The summed E-state index contributed by atoms with van der Waals surface area (Å²) < 4.78 is 43.5. The van der Waals surface area contributed by atoms with Crippen LogP contribution in [-0.2, 0) is 9.53 Å². The van der Waals surface area contributed by atoms with Gasteiger partial charge in [0.1, 0.15) is 17.5 Å². The lowest BCUT2D eigenvalue weighted by atomic mass is 9.99. The van der Waals surface area contributed by atoms with Crippen molar-refractivity contribution in [1.82, 2.24) is 9.29 Å². The maximum Gasteiger partial charge on any atom is 0.419 e. The van der Waals surface area contributed by atoms with Crippen LogP contribution >= 0.6 is 10.8 Å². The highest BCUT2D eigenvalue weighted by Gasteiger charge is 2.38. The average molecular weight is 447 g/mol. The van der Waals surface area contributed by atoms with E-state index in [2.05, 4.69) is 4.72 Å². The fraction of sp³-hybridized carbons (Fsp3) is 0.238. The molecule has 1 aromatic heterocycles. The molecule has 0 saturated heterocycles. The molecule has 3 aromatic rings. The first kappa shape index (κ1) is 21.3. The van der Waals surface area contributed by atoms with Crippen LogP contribution in [0.4, 0.5) is 9.18 Å². The monoisotopic (exact) mass is 447 g/mol. The van der Waals surface area contributed by atoms with Gasteiger partial charge in [-0.05, 0) is 56.7 Å². The zero-order valence-corrected chi connectivity index (χ0v) is 17.9. The second kappa shape index (κ2) is 7.06. The molecule has 2 heterocycles. The van der Waals surface area contributed by atoms with E-state index in [0.717, 1.165) is 0 Å². The van der Waals surface area contributed by atoms with Crippen molar-refractivity contribution in [2.24, 2.45) is 5.73 Å².